The van der Waals surface area contributed by atoms with E-state index in [-0.39, 0.29) is 16.7 Å². The van der Waals surface area contributed by atoms with E-state index in [9.17, 15) is 17.6 Å². The number of carbonyl (C=O) groups is 1. The van der Waals surface area contributed by atoms with Gasteiger partial charge in [-0.05, 0) is 43.2 Å². The second-order valence-electron chi connectivity index (χ2n) is 7.77. The minimum absolute atomic E-state index is 0.180. The van der Waals surface area contributed by atoms with Gasteiger partial charge >= 0.3 is 0 Å². The minimum atomic E-state index is -3.67. The van der Waals surface area contributed by atoms with Gasteiger partial charge in [-0.2, -0.15) is 8.42 Å². The Labute approximate surface area is 184 Å². The molecule has 1 fully saturated rings. The molecule has 2 aromatic carbocycles. The molecule has 1 amide bonds. The number of carbonyl (C=O) groups excluding carboxylic acids is 1. The zero-order chi connectivity index (χ0) is 22.3. The number of fused-ring (bicyclic) bond motifs is 1. The molecule has 3 heterocycles. The number of hydrogen-bond donors (Lipinski definition) is 1. The van der Waals surface area contributed by atoms with Crippen LogP contribution in [0.5, 0.6) is 0 Å². The molecule has 2 aliphatic heterocycles. The molecule has 0 bridgehead atoms. The van der Waals surface area contributed by atoms with E-state index in [0.717, 1.165) is 0 Å². The fourth-order valence-electron chi connectivity index (χ4n) is 4.11. The molecule has 0 spiro atoms. The molecular weight excluding hydrogens is 433 g/mol. The van der Waals surface area contributed by atoms with Crippen molar-refractivity contribution in [2.24, 2.45) is 10.3 Å². The van der Waals surface area contributed by atoms with E-state index in [4.69, 9.17) is 0 Å². The smallest absolute Gasteiger partial charge is 0.285 e. The molecule has 0 atom stereocenters. The number of anilines is 1. The third-order valence-corrected chi connectivity index (χ3v) is 7.10. The molecule has 32 heavy (non-hydrogen) atoms. The SMILES string of the molecule is O=C(Nc1ccc(-n2ccnc2)c(F)c1)C1CCN(C2=NS(=O)(=O)c3ccccc32)CC1. The van der Waals surface area contributed by atoms with E-state index in [1.54, 1.807) is 53.4 Å². The van der Waals surface area contributed by atoms with E-state index >= 15 is 0 Å². The summed E-state index contributed by atoms with van der Waals surface area (Å²) in [4.78, 5) is 18.8. The summed E-state index contributed by atoms with van der Waals surface area (Å²) in [6.45, 7) is 1.02. The van der Waals surface area contributed by atoms with Crippen molar-refractivity contribution in [2.75, 3.05) is 18.4 Å². The quantitative estimate of drug-likeness (QED) is 0.658. The molecule has 5 rings (SSSR count). The molecule has 8 nitrogen and oxygen atoms in total. The molecule has 164 valence electrons. The molecule has 0 unspecified atom stereocenters. The molecule has 1 N–H and O–H groups in total. The highest BCUT2D eigenvalue weighted by Crippen LogP contribution is 2.30. The number of halogens is 1. The lowest BCUT2D eigenvalue weighted by atomic mass is 9.95. The Hall–Kier alpha value is -3.53. The topological polar surface area (TPSA) is 96.7 Å². The molecule has 10 heteroatoms. The molecule has 0 aliphatic carbocycles. The van der Waals surface area contributed by atoms with Gasteiger partial charge in [-0.25, -0.2) is 9.37 Å². The number of benzene rings is 2. The fraction of sp³-hybridized carbons (Fsp3) is 0.227. The highest BCUT2D eigenvalue weighted by Gasteiger charge is 2.34. The summed E-state index contributed by atoms with van der Waals surface area (Å²) in [5, 5.41) is 2.79. The van der Waals surface area contributed by atoms with Gasteiger partial charge in [0, 0.05) is 42.7 Å². The van der Waals surface area contributed by atoms with E-state index in [1.165, 1.54) is 12.4 Å². The van der Waals surface area contributed by atoms with Gasteiger partial charge in [0.25, 0.3) is 10.0 Å². The summed E-state index contributed by atoms with van der Waals surface area (Å²) >= 11 is 0. The van der Waals surface area contributed by atoms with Crippen LogP contribution in [0.25, 0.3) is 5.69 Å². The summed E-state index contributed by atoms with van der Waals surface area (Å²) < 4.78 is 44.5. The standard InChI is InChI=1S/C22H20FN5O3S/c23-18-13-16(5-6-19(18)28-12-9-24-14-28)25-22(29)15-7-10-27(11-8-15)21-17-3-1-2-4-20(17)32(30,31)26-21/h1-6,9,12-15H,7-8,10-11H2,(H,25,29). The van der Waals surface area contributed by atoms with Crippen molar-refractivity contribution in [3.05, 3.63) is 72.6 Å². The highest BCUT2D eigenvalue weighted by molar-refractivity contribution is 7.90. The van der Waals surface area contributed by atoms with Crippen molar-refractivity contribution in [1.29, 1.82) is 0 Å². The van der Waals surface area contributed by atoms with Crippen LogP contribution < -0.4 is 5.32 Å². The van der Waals surface area contributed by atoms with Crippen LogP contribution in [0.2, 0.25) is 0 Å². The van der Waals surface area contributed by atoms with E-state index < -0.39 is 15.8 Å². The lowest BCUT2D eigenvalue weighted by Gasteiger charge is -2.32. The van der Waals surface area contributed by atoms with Crippen LogP contribution in [0, 0.1) is 11.7 Å². The van der Waals surface area contributed by atoms with Crippen LogP contribution in [0.1, 0.15) is 18.4 Å². The van der Waals surface area contributed by atoms with Gasteiger partial charge in [-0.3, -0.25) is 4.79 Å². The van der Waals surface area contributed by atoms with Crippen molar-refractivity contribution >= 4 is 27.5 Å². The summed E-state index contributed by atoms with van der Waals surface area (Å²) in [7, 11) is -3.67. The third-order valence-electron chi connectivity index (χ3n) is 5.78. The minimum Gasteiger partial charge on any atom is -0.355 e. The Kier molecular flexibility index (Phi) is 5.01. The van der Waals surface area contributed by atoms with Gasteiger partial charge in [-0.1, -0.05) is 12.1 Å². The van der Waals surface area contributed by atoms with Crippen LogP contribution in [0.15, 0.2) is 70.5 Å². The van der Waals surface area contributed by atoms with Crippen molar-refractivity contribution in [3.8, 4) is 5.69 Å². The van der Waals surface area contributed by atoms with Gasteiger partial charge < -0.3 is 14.8 Å². The second kappa shape index (κ2) is 7.86. The van der Waals surface area contributed by atoms with Crippen LogP contribution >= 0.6 is 0 Å². The maximum Gasteiger partial charge on any atom is 0.285 e. The van der Waals surface area contributed by atoms with E-state index in [2.05, 4.69) is 14.7 Å². The van der Waals surface area contributed by atoms with E-state index in [0.29, 0.717) is 48.7 Å². The number of aromatic nitrogens is 2. The monoisotopic (exact) mass is 453 g/mol. The normalized spacial score (nSPS) is 17.7. The van der Waals surface area contributed by atoms with Crippen molar-refractivity contribution in [3.63, 3.8) is 0 Å². The van der Waals surface area contributed by atoms with Crippen molar-refractivity contribution in [1.82, 2.24) is 14.5 Å². The predicted octanol–water partition coefficient (Wildman–Crippen LogP) is 2.81. The zero-order valence-electron chi connectivity index (χ0n) is 17.0. The average molecular weight is 453 g/mol. The number of nitrogens with one attached hydrogen (secondary N) is 1. The lowest BCUT2D eigenvalue weighted by Crippen LogP contribution is -2.41. The van der Waals surface area contributed by atoms with Crippen LogP contribution in [-0.2, 0) is 14.8 Å². The third kappa shape index (κ3) is 3.66. The van der Waals surface area contributed by atoms with Crippen LogP contribution in [-0.4, -0.2) is 47.7 Å². The molecule has 1 aromatic heterocycles. The zero-order valence-corrected chi connectivity index (χ0v) is 17.8. The maximum atomic E-state index is 14.4. The average Bonchev–Trinajstić information content (AvgIpc) is 3.41. The lowest BCUT2D eigenvalue weighted by molar-refractivity contribution is -0.120. The Morgan fingerprint density at radius 1 is 1.12 bits per heavy atom. The Morgan fingerprint density at radius 2 is 1.91 bits per heavy atom. The van der Waals surface area contributed by atoms with Gasteiger partial charge in [0.1, 0.15) is 10.7 Å². The molecule has 1 saturated heterocycles. The summed E-state index contributed by atoms with van der Waals surface area (Å²) in [5.41, 5.74) is 1.34. The predicted molar refractivity (Wildman–Crippen MR) is 117 cm³/mol. The van der Waals surface area contributed by atoms with Crippen LogP contribution in [0.4, 0.5) is 10.1 Å². The second-order valence-corrected chi connectivity index (χ2v) is 9.35. The first-order valence-electron chi connectivity index (χ1n) is 10.2. The molecule has 3 aromatic rings. The summed E-state index contributed by atoms with van der Waals surface area (Å²) in [6.07, 6.45) is 5.80. The van der Waals surface area contributed by atoms with Crippen molar-refractivity contribution in [2.45, 2.75) is 17.7 Å². The number of amidine groups is 1. The molecule has 0 saturated carbocycles. The Balaban J connectivity index is 1.24. The van der Waals surface area contributed by atoms with Gasteiger partial charge in [0.2, 0.25) is 5.91 Å². The van der Waals surface area contributed by atoms with E-state index in [1.807, 2.05) is 4.90 Å². The Morgan fingerprint density at radius 3 is 2.62 bits per heavy atom. The van der Waals surface area contributed by atoms with Gasteiger partial charge in [0.15, 0.2) is 5.84 Å². The molecule has 2 aliphatic rings. The summed E-state index contributed by atoms with van der Waals surface area (Å²) in [5.74, 6) is -0.455. The summed E-state index contributed by atoms with van der Waals surface area (Å²) in [6, 6.07) is 11.3. The Bertz CT molecular complexity index is 1310. The van der Waals surface area contributed by atoms with Crippen LogP contribution in [0.3, 0.4) is 0 Å². The van der Waals surface area contributed by atoms with Gasteiger partial charge in [0.05, 0.1) is 12.0 Å². The largest absolute Gasteiger partial charge is 0.355 e. The van der Waals surface area contributed by atoms with Gasteiger partial charge in [-0.15, -0.1) is 4.40 Å². The fourth-order valence-corrected chi connectivity index (χ4v) is 5.34. The number of sulfonamides is 1. The first-order chi connectivity index (χ1) is 15.4. The van der Waals surface area contributed by atoms with Crippen molar-refractivity contribution < 1.29 is 17.6 Å². The number of nitrogens with zero attached hydrogens (tertiary/aromatic N) is 4. The highest BCUT2D eigenvalue weighted by atomic mass is 32.2. The molecule has 0 radical (unpaired) electrons. The maximum absolute atomic E-state index is 14.4. The number of rotatable bonds is 3. The first-order valence-corrected chi connectivity index (χ1v) is 11.6. The number of likely N-dealkylation sites (tertiary alicyclic amines) is 1. The number of amides is 1. The number of hydrogen-bond acceptors (Lipinski definition) is 5. The number of imidazole rings is 1. The first kappa shape index (κ1) is 20.4. The number of piperidine rings is 1. The molecular formula is C22H20FN5O3S.